The van der Waals surface area contributed by atoms with Gasteiger partial charge in [0.2, 0.25) is 5.91 Å². The molecule has 1 amide bonds. The molecule has 1 atom stereocenters. The average molecular weight is 419 g/mol. The fraction of sp³-hybridized carbons (Fsp3) is 0.292. The zero-order valence-corrected chi connectivity index (χ0v) is 17.8. The molecule has 0 aliphatic carbocycles. The first-order valence-electron chi connectivity index (χ1n) is 10.3. The van der Waals surface area contributed by atoms with Gasteiger partial charge in [-0.15, -0.1) is 0 Å². The molecule has 3 aromatic rings. The lowest BCUT2D eigenvalue weighted by Crippen LogP contribution is -2.34. The van der Waals surface area contributed by atoms with E-state index in [0.29, 0.717) is 42.5 Å². The lowest BCUT2D eigenvalue weighted by Gasteiger charge is -2.20. The Hall–Kier alpha value is -3.61. The number of hydrogen-bond acceptors (Lipinski definition) is 5. The number of rotatable bonds is 5. The Bertz CT molecular complexity index is 1190. The van der Waals surface area contributed by atoms with Crippen LogP contribution in [0.4, 0.5) is 5.69 Å². The first-order chi connectivity index (χ1) is 15.0. The maximum Gasteiger partial charge on any atom is 0.267 e. The van der Waals surface area contributed by atoms with E-state index in [-0.39, 0.29) is 11.5 Å². The lowest BCUT2D eigenvalue weighted by molar-refractivity contribution is -0.119. The molecule has 7 nitrogen and oxygen atoms in total. The van der Waals surface area contributed by atoms with Crippen LogP contribution in [0.2, 0.25) is 0 Å². The molecular weight excluding hydrogens is 394 g/mol. The van der Waals surface area contributed by atoms with Gasteiger partial charge in [-0.25, -0.2) is 4.68 Å². The number of aryl methyl sites for hydroxylation is 2. The molecule has 2 heterocycles. The van der Waals surface area contributed by atoms with Crippen molar-refractivity contribution in [3.63, 3.8) is 0 Å². The van der Waals surface area contributed by atoms with E-state index < -0.39 is 6.04 Å². The first kappa shape index (κ1) is 20.7. The molecule has 31 heavy (non-hydrogen) atoms. The Morgan fingerprint density at radius 2 is 1.84 bits per heavy atom. The highest BCUT2D eigenvalue weighted by Gasteiger charge is 2.22. The summed E-state index contributed by atoms with van der Waals surface area (Å²) in [4.78, 5) is 25.6. The summed E-state index contributed by atoms with van der Waals surface area (Å²) >= 11 is 0. The largest absolute Gasteiger partial charge is 0.486 e. The van der Waals surface area contributed by atoms with Gasteiger partial charge in [-0.3, -0.25) is 9.59 Å². The van der Waals surface area contributed by atoms with Gasteiger partial charge in [0.15, 0.2) is 11.5 Å². The second kappa shape index (κ2) is 8.63. The average Bonchev–Trinajstić information content (AvgIpc) is 2.77. The maximum atomic E-state index is 13.1. The van der Waals surface area contributed by atoms with Crippen LogP contribution in [0.15, 0.2) is 53.3 Å². The highest BCUT2D eigenvalue weighted by Crippen LogP contribution is 2.33. The quantitative estimate of drug-likeness (QED) is 0.679. The minimum absolute atomic E-state index is 0.313. The van der Waals surface area contributed by atoms with Crippen molar-refractivity contribution in [2.75, 3.05) is 18.5 Å². The zero-order valence-electron chi connectivity index (χ0n) is 17.8. The molecule has 1 aliphatic rings. The van der Waals surface area contributed by atoms with Crippen LogP contribution in [0.1, 0.15) is 30.5 Å². The number of carbonyl (C=O) groups is 1. The van der Waals surface area contributed by atoms with Crippen LogP contribution in [0.5, 0.6) is 11.5 Å². The third kappa shape index (κ3) is 4.30. The van der Waals surface area contributed by atoms with Crippen molar-refractivity contribution in [3.8, 4) is 22.8 Å². The van der Waals surface area contributed by atoms with Gasteiger partial charge in [0.05, 0.1) is 5.69 Å². The van der Waals surface area contributed by atoms with Crippen molar-refractivity contribution < 1.29 is 14.3 Å². The van der Waals surface area contributed by atoms with Gasteiger partial charge in [-0.2, -0.15) is 5.10 Å². The minimum atomic E-state index is -0.745. The predicted octanol–water partition coefficient (Wildman–Crippen LogP) is 3.89. The summed E-state index contributed by atoms with van der Waals surface area (Å²) in [7, 11) is 0. The maximum absolute atomic E-state index is 13.1. The fourth-order valence-electron chi connectivity index (χ4n) is 3.62. The van der Waals surface area contributed by atoms with E-state index in [1.54, 1.807) is 24.3 Å². The van der Waals surface area contributed by atoms with Crippen LogP contribution >= 0.6 is 0 Å². The summed E-state index contributed by atoms with van der Waals surface area (Å²) in [6.07, 6.45) is 0.416. The number of carbonyl (C=O) groups excluding carboxylic acids is 1. The van der Waals surface area contributed by atoms with Gasteiger partial charge < -0.3 is 14.8 Å². The molecule has 1 aromatic heterocycles. The molecule has 1 N–H and O–H groups in total. The summed E-state index contributed by atoms with van der Waals surface area (Å²) in [6, 6.07) is 13.7. The van der Waals surface area contributed by atoms with Gasteiger partial charge in [-0.1, -0.05) is 24.6 Å². The van der Waals surface area contributed by atoms with E-state index in [1.165, 1.54) is 10.7 Å². The first-order valence-corrected chi connectivity index (χ1v) is 10.3. The minimum Gasteiger partial charge on any atom is -0.486 e. The van der Waals surface area contributed by atoms with Gasteiger partial charge in [-0.05, 0) is 50.1 Å². The van der Waals surface area contributed by atoms with Crippen molar-refractivity contribution in [2.24, 2.45) is 0 Å². The molecule has 0 saturated heterocycles. The molecule has 1 aliphatic heterocycles. The molecule has 0 unspecified atom stereocenters. The molecule has 4 rings (SSSR count). The van der Waals surface area contributed by atoms with Gasteiger partial charge in [0.1, 0.15) is 19.3 Å². The zero-order chi connectivity index (χ0) is 22.0. The van der Waals surface area contributed by atoms with E-state index in [2.05, 4.69) is 10.4 Å². The second-order valence-electron chi connectivity index (χ2n) is 7.59. The van der Waals surface area contributed by atoms with E-state index in [0.717, 1.165) is 16.7 Å². The number of nitrogens with one attached hydrogen (secondary N) is 1. The fourth-order valence-corrected chi connectivity index (χ4v) is 3.62. The van der Waals surface area contributed by atoms with Crippen LogP contribution in [0.3, 0.4) is 0 Å². The molecule has 2 aromatic carbocycles. The number of anilines is 1. The smallest absolute Gasteiger partial charge is 0.267 e. The Labute approximate surface area is 180 Å². The number of benzene rings is 2. The third-order valence-corrected chi connectivity index (χ3v) is 5.29. The lowest BCUT2D eigenvalue weighted by atomic mass is 10.0. The van der Waals surface area contributed by atoms with Crippen molar-refractivity contribution in [2.45, 2.75) is 33.2 Å². The topological polar surface area (TPSA) is 82.4 Å². The summed E-state index contributed by atoms with van der Waals surface area (Å²) in [5.41, 5.74) is 4.01. The highest BCUT2D eigenvalue weighted by molar-refractivity contribution is 5.94. The summed E-state index contributed by atoms with van der Waals surface area (Å²) < 4.78 is 12.4. The number of hydrogen-bond donors (Lipinski definition) is 1. The normalized spacial score (nSPS) is 13.5. The Balaban J connectivity index is 1.63. The molecule has 0 bridgehead atoms. The van der Waals surface area contributed by atoms with Crippen molar-refractivity contribution >= 4 is 11.6 Å². The molecule has 0 radical (unpaired) electrons. The van der Waals surface area contributed by atoms with Crippen LogP contribution < -0.4 is 20.3 Å². The van der Waals surface area contributed by atoms with Crippen LogP contribution in [0, 0.1) is 13.8 Å². The second-order valence-corrected chi connectivity index (χ2v) is 7.59. The molecular formula is C24H25N3O4. The van der Waals surface area contributed by atoms with E-state index >= 15 is 0 Å². The standard InChI is InChI=1S/C24H25N3O4/c1-4-20(24(29)25-17-7-9-21-22(14-17)31-12-11-30-21)27-23(28)10-8-19(26-27)18-13-15(2)5-6-16(18)3/h5-10,13-14,20H,4,11-12H2,1-3H3,(H,25,29)/t20-/m1/s1. The number of aromatic nitrogens is 2. The number of amides is 1. The van der Waals surface area contributed by atoms with Crippen molar-refractivity contribution in [1.29, 1.82) is 0 Å². The van der Waals surface area contributed by atoms with Crippen LogP contribution in [-0.2, 0) is 4.79 Å². The molecule has 7 heteroatoms. The van der Waals surface area contributed by atoms with Crippen LogP contribution in [0.25, 0.3) is 11.3 Å². The third-order valence-electron chi connectivity index (χ3n) is 5.29. The van der Waals surface area contributed by atoms with Crippen molar-refractivity contribution in [3.05, 3.63) is 70.0 Å². The summed E-state index contributed by atoms with van der Waals surface area (Å²) in [5.74, 6) is 0.923. The Kier molecular flexibility index (Phi) is 5.75. The molecule has 0 spiro atoms. The summed E-state index contributed by atoms with van der Waals surface area (Å²) in [5, 5.41) is 7.42. The Morgan fingerprint density at radius 3 is 2.61 bits per heavy atom. The number of nitrogens with zero attached hydrogens (tertiary/aromatic N) is 2. The number of ether oxygens (including phenoxy) is 2. The van der Waals surface area contributed by atoms with E-state index in [4.69, 9.17) is 9.47 Å². The van der Waals surface area contributed by atoms with Gasteiger partial charge in [0, 0.05) is 23.4 Å². The molecule has 0 saturated carbocycles. The van der Waals surface area contributed by atoms with E-state index in [1.807, 2.05) is 39.0 Å². The van der Waals surface area contributed by atoms with Gasteiger partial charge >= 0.3 is 0 Å². The SMILES string of the molecule is CC[C@H](C(=O)Nc1ccc2c(c1)OCCO2)n1nc(-c2cc(C)ccc2C)ccc1=O. The predicted molar refractivity (Wildman–Crippen MR) is 119 cm³/mol. The van der Waals surface area contributed by atoms with Crippen LogP contribution in [-0.4, -0.2) is 28.9 Å². The summed E-state index contributed by atoms with van der Waals surface area (Å²) in [6.45, 7) is 6.83. The Morgan fingerprint density at radius 1 is 1.06 bits per heavy atom. The monoisotopic (exact) mass is 419 g/mol. The molecule has 0 fully saturated rings. The highest BCUT2D eigenvalue weighted by atomic mass is 16.6. The van der Waals surface area contributed by atoms with Crippen molar-refractivity contribution in [1.82, 2.24) is 9.78 Å². The molecule has 160 valence electrons. The van der Waals surface area contributed by atoms with E-state index in [9.17, 15) is 9.59 Å². The van der Waals surface area contributed by atoms with Gasteiger partial charge in [0.25, 0.3) is 5.56 Å². The number of fused-ring (bicyclic) bond motifs is 1.